The quantitative estimate of drug-likeness (QED) is 0.662. The molecule has 0 fully saturated rings. The summed E-state index contributed by atoms with van der Waals surface area (Å²) in [5.74, 6) is 0.0656. The largest absolute Gasteiger partial charge is 0.353 e. The van der Waals surface area contributed by atoms with Crippen molar-refractivity contribution in [1.82, 2.24) is 9.47 Å². The van der Waals surface area contributed by atoms with Crippen LogP contribution in [0.15, 0.2) is 72.9 Å². The average molecular weight is 332 g/mol. The van der Waals surface area contributed by atoms with E-state index < -0.39 is 0 Å². The number of carbonyl (C=O) groups is 1. The van der Waals surface area contributed by atoms with E-state index >= 15 is 0 Å². The zero-order chi connectivity index (χ0) is 17.8. The third-order valence-electron chi connectivity index (χ3n) is 4.51. The van der Waals surface area contributed by atoms with Crippen molar-refractivity contribution in [3.8, 4) is 11.1 Å². The van der Waals surface area contributed by atoms with Gasteiger partial charge in [-0.1, -0.05) is 42.5 Å². The molecule has 3 heteroatoms. The number of benzene rings is 2. The first-order valence-corrected chi connectivity index (χ1v) is 8.63. The second-order valence-corrected chi connectivity index (χ2v) is 6.58. The topological polar surface area (TPSA) is 25.2 Å². The van der Waals surface area contributed by atoms with Gasteiger partial charge in [-0.05, 0) is 49.2 Å². The summed E-state index contributed by atoms with van der Waals surface area (Å²) in [4.78, 5) is 14.9. The molecule has 2 aromatic carbocycles. The molecule has 0 saturated carbocycles. The lowest BCUT2D eigenvalue weighted by atomic mass is 10.0. The van der Waals surface area contributed by atoms with Crippen molar-refractivity contribution < 1.29 is 4.79 Å². The molecule has 0 spiro atoms. The summed E-state index contributed by atoms with van der Waals surface area (Å²) >= 11 is 0. The van der Waals surface area contributed by atoms with Gasteiger partial charge in [0.15, 0.2) is 0 Å². The van der Waals surface area contributed by atoms with Gasteiger partial charge < -0.3 is 9.47 Å². The molecule has 0 bridgehead atoms. The predicted octanol–water partition coefficient (Wildman–Crippen LogP) is 4.74. The zero-order valence-corrected chi connectivity index (χ0v) is 15.0. The lowest BCUT2D eigenvalue weighted by Gasteiger charge is -2.27. The maximum atomic E-state index is 13.0. The van der Waals surface area contributed by atoms with Crippen molar-refractivity contribution in [2.45, 2.75) is 26.4 Å². The standard InChI is InChI=1S/C22H24N2O/c1-17(2)24(16-21-10-7-15-23(21)3)22(25)20-13-11-19(12-14-20)18-8-5-4-6-9-18/h4-15,17H,16H2,1-3H3. The molecule has 0 aliphatic rings. The molecule has 0 aliphatic heterocycles. The fraction of sp³-hybridized carbons (Fsp3) is 0.227. The van der Waals surface area contributed by atoms with Crippen molar-refractivity contribution in [3.63, 3.8) is 0 Å². The molecular formula is C22H24N2O. The minimum atomic E-state index is 0.0656. The Kier molecular flexibility index (Phi) is 5.03. The molecule has 3 nitrogen and oxygen atoms in total. The van der Waals surface area contributed by atoms with Gasteiger partial charge in [0.25, 0.3) is 5.91 Å². The van der Waals surface area contributed by atoms with E-state index in [0.29, 0.717) is 6.54 Å². The van der Waals surface area contributed by atoms with E-state index in [-0.39, 0.29) is 11.9 Å². The maximum Gasteiger partial charge on any atom is 0.254 e. The molecule has 0 radical (unpaired) electrons. The first-order chi connectivity index (χ1) is 12.1. The van der Waals surface area contributed by atoms with Crippen LogP contribution in [0.25, 0.3) is 11.1 Å². The van der Waals surface area contributed by atoms with E-state index in [1.165, 1.54) is 0 Å². The Morgan fingerprint density at radius 2 is 1.56 bits per heavy atom. The number of aryl methyl sites for hydroxylation is 1. The fourth-order valence-electron chi connectivity index (χ4n) is 2.93. The summed E-state index contributed by atoms with van der Waals surface area (Å²) in [6.45, 7) is 4.72. The number of aromatic nitrogens is 1. The van der Waals surface area contributed by atoms with Gasteiger partial charge in [-0.3, -0.25) is 4.79 Å². The molecule has 1 heterocycles. The van der Waals surface area contributed by atoms with Crippen molar-refractivity contribution in [1.29, 1.82) is 0 Å². The number of hydrogen-bond donors (Lipinski definition) is 0. The minimum absolute atomic E-state index is 0.0656. The van der Waals surface area contributed by atoms with Crippen molar-refractivity contribution in [2.24, 2.45) is 7.05 Å². The molecule has 0 aliphatic carbocycles. The van der Waals surface area contributed by atoms with E-state index in [1.54, 1.807) is 0 Å². The summed E-state index contributed by atoms with van der Waals surface area (Å²) in [5, 5.41) is 0. The van der Waals surface area contributed by atoms with E-state index in [1.807, 2.05) is 66.7 Å². The highest BCUT2D eigenvalue weighted by molar-refractivity contribution is 5.94. The van der Waals surface area contributed by atoms with Gasteiger partial charge >= 0.3 is 0 Å². The van der Waals surface area contributed by atoms with Gasteiger partial charge in [0.1, 0.15) is 0 Å². The van der Waals surface area contributed by atoms with Crippen LogP contribution in [0.2, 0.25) is 0 Å². The normalized spacial score (nSPS) is 10.9. The summed E-state index contributed by atoms with van der Waals surface area (Å²) < 4.78 is 2.06. The van der Waals surface area contributed by atoms with Crippen molar-refractivity contribution >= 4 is 5.91 Å². The monoisotopic (exact) mass is 332 g/mol. The Hall–Kier alpha value is -2.81. The van der Waals surface area contributed by atoms with Gasteiger partial charge in [-0.15, -0.1) is 0 Å². The smallest absolute Gasteiger partial charge is 0.254 e. The van der Waals surface area contributed by atoms with Gasteiger partial charge in [-0.25, -0.2) is 0 Å². The zero-order valence-electron chi connectivity index (χ0n) is 15.0. The number of rotatable bonds is 5. The fourth-order valence-corrected chi connectivity index (χ4v) is 2.93. The van der Waals surface area contributed by atoms with Crippen LogP contribution in [0.4, 0.5) is 0 Å². The highest BCUT2D eigenvalue weighted by Gasteiger charge is 2.20. The van der Waals surface area contributed by atoms with Gasteiger partial charge in [0.05, 0.1) is 6.54 Å². The summed E-state index contributed by atoms with van der Waals surface area (Å²) in [5.41, 5.74) is 4.13. The van der Waals surface area contributed by atoms with Crippen LogP contribution in [-0.4, -0.2) is 21.4 Å². The Morgan fingerprint density at radius 1 is 0.920 bits per heavy atom. The van der Waals surface area contributed by atoms with Crippen LogP contribution in [0.3, 0.4) is 0 Å². The first-order valence-electron chi connectivity index (χ1n) is 8.63. The van der Waals surface area contributed by atoms with Crippen molar-refractivity contribution in [2.75, 3.05) is 0 Å². The van der Waals surface area contributed by atoms with Crippen LogP contribution in [0.5, 0.6) is 0 Å². The van der Waals surface area contributed by atoms with Crippen LogP contribution in [0, 0.1) is 0 Å². The lowest BCUT2D eigenvalue weighted by Crippen LogP contribution is -2.36. The molecule has 0 unspecified atom stereocenters. The van der Waals surface area contributed by atoms with E-state index in [0.717, 1.165) is 22.4 Å². The second kappa shape index (κ2) is 7.39. The van der Waals surface area contributed by atoms with E-state index in [2.05, 4.69) is 36.6 Å². The molecule has 3 aromatic rings. The number of hydrogen-bond acceptors (Lipinski definition) is 1. The average Bonchev–Trinajstić information content (AvgIpc) is 3.04. The molecule has 3 rings (SSSR count). The van der Waals surface area contributed by atoms with E-state index in [4.69, 9.17) is 0 Å². The lowest BCUT2D eigenvalue weighted by molar-refractivity contribution is 0.0686. The molecule has 0 N–H and O–H groups in total. The third kappa shape index (κ3) is 3.82. The Labute approximate surface area is 149 Å². The first kappa shape index (κ1) is 17.0. The SMILES string of the molecule is CC(C)N(Cc1cccn1C)C(=O)c1ccc(-c2ccccc2)cc1. The molecule has 1 aromatic heterocycles. The molecule has 25 heavy (non-hydrogen) atoms. The predicted molar refractivity (Wildman–Crippen MR) is 102 cm³/mol. The maximum absolute atomic E-state index is 13.0. The van der Waals surface area contributed by atoms with Gasteiger partial charge in [0, 0.05) is 30.5 Å². The summed E-state index contributed by atoms with van der Waals surface area (Å²) in [6.07, 6.45) is 2.01. The van der Waals surface area contributed by atoms with Crippen LogP contribution < -0.4 is 0 Å². The van der Waals surface area contributed by atoms with Crippen LogP contribution in [-0.2, 0) is 13.6 Å². The number of amides is 1. The van der Waals surface area contributed by atoms with Crippen LogP contribution >= 0.6 is 0 Å². The molecular weight excluding hydrogens is 308 g/mol. The Morgan fingerprint density at radius 3 is 2.12 bits per heavy atom. The molecule has 0 atom stereocenters. The van der Waals surface area contributed by atoms with Gasteiger partial charge in [0.2, 0.25) is 0 Å². The number of nitrogens with zero attached hydrogens (tertiary/aromatic N) is 2. The molecule has 128 valence electrons. The number of carbonyl (C=O) groups excluding carboxylic acids is 1. The second-order valence-electron chi connectivity index (χ2n) is 6.58. The molecule has 0 saturated heterocycles. The highest BCUT2D eigenvalue weighted by Crippen LogP contribution is 2.21. The van der Waals surface area contributed by atoms with Gasteiger partial charge in [-0.2, -0.15) is 0 Å². The van der Waals surface area contributed by atoms with Crippen LogP contribution in [0.1, 0.15) is 29.9 Å². The summed E-state index contributed by atoms with van der Waals surface area (Å²) in [6, 6.07) is 22.3. The molecule has 1 amide bonds. The Balaban J connectivity index is 1.81. The summed E-state index contributed by atoms with van der Waals surface area (Å²) in [7, 11) is 2.01. The third-order valence-corrected chi connectivity index (χ3v) is 4.51. The Bertz CT molecular complexity index is 832. The van der Waals surface area contributed by atoms with Crippen molar-refractivity contribution in [3.05, 3.63) is 84.2 Å². The highest BCUT2D eigenvalue weighted by atomic mass is 16.2. The minimum Gasteiger partial charge on any atom is -0.353 e. The van der Waals surface area contributed by atoms with E-state index in [9.17, 15) is 4.79 Å².